The first-order valence-corrected chi connectivity index (χ1v) is 8.22. The fourth-order valence-electron chi connectivity index (χ4n) is 2.18. The molecule has 0 radical (unpaired) electrons. The van der Waals surface area contributed by atoms with Crippen LogP contribution < -0.4 is 0 Å². The largest absolute Gasteiger partial charge is 0.478 e. The number of nitrogens with zero attached hydrogens (tertiary/aromatic N) is 1. The monoisotopic (exact) mass is 315 g/mol. The molecule has 0 atom stereocenters. The number of rotatable bonds is 6. The van der Waals surface area contributed by atoms with Gasteiger partial charge in [0.25, 0.3) is 0 Å². The number of hydrogen-bond donors (Lipinski definition) is 1. The molecule has 1 N–H and O–H groups in total. The molecule has 0 aromatic heterocycles. The van der Waals surface area contributed by atoms with Crippen LogP contribution in [0.1, 0.15) is 37.0 Å². The van der Waals surface area contributed by atoms with Crippen molar-refractivity contribution in [1.82, 2.24) is 4.31 Å². The Morgan fingerprint density at radius 1 is 1.43 bits per heavy atom. The topological polar surface area (TPSA) is 74.7 Å². The van der Waals surface area contributed by atoms with Gasteiger partial charge in [-0.2, -0.15) is 4.31 Å². The predicted octanol–water partition coefficient (Wildman–Crippen LogP) is 2.33. The molecule has 7 heteroatoms. The van der Waals surface area contributed by atoms with E-state index in [1.807, 2.05) is 13.8 Å². The molecular formula is C14H18FNO4S. The fourth-order valence-corrected chi connectivity index (χ4v) is 4.22. The summed E-state index contributed by atoms with van der Waals surface area (Å²) < 4.78 is 40.2. The Kier molecular flexibility index (Phi) is 4.34. The van der Waals surface area contributed by atoms with Gasteiger partial charge in [0.15, 0.2) is 0 Å². The van der Waals surface area contributed by atoms with Gasteiger partial charge in [-0.1, -0.05) is 13.8 Å². The second-order valence-corrected chi connectivity index (χ2v) is 7.50. The number of carboxylic acids is 1. The van der Waals surface area contributed by atoms with Crippen LogP contribution in [0.2, 0.25) is 0 Å². The highest BCUT2D eigenvalue weighted by atomic mass is 32.2. The third-order valence-electron chi connectivity index (χ3n) is 3.26. The van der Waals surface area contributed by atoms with Gasteiger partial charge in [-0.3, -0.25) is 0 Å². The van der Waals surface area contributed by atoms with Crippen LogP contribution in [-0.4, -0.2) is 36.4 Å². The van der Waals surface area contributed by atoms with Gasteiger partial charge in [-0.25, -0.2) is 17.6 Å². The summed E-state index contributed by atoms with van der Waals surface area (Å²) in [7, 11) is -4.02. The molecule has 0 heterocycles. The number of sulfonamides is 1. The zero-order valence-corrected chi connectivity index (χ0v) is 12.7. The normalized spacial score (nSPS) is 15.7. The molecule has 1 aromatic rings. The highest BCUT2D eigenvalue weighted by molar-refractivity contribution is 7.89. The Labute approximate surface area is 123 Å². The van der Waals surface area contributed by atoms with Crippen molar-refractivity contribution in [3.8, 4) is 0 Å². The second kappa shape index (κ2) is 5.73. The van der Waals surface area contributed by atoms with Gasteiger partial charge in [-0.15, -0.1) is 0 Å². The Balaban J connectivity index is 2.51. The van der Waals surface area contributed by atoms with Crippen molar-refractivity contribution in [3.05, 3.63) is 29.6 Å². The summed E-state index contributed by atoms with van der Waals surface area (Å²) >= 11 is 0. The van der Waals surface area contributed by atoms with Crippen LogP contribution in [0.3, 0.4) is 0 Å². The molecular weight excluding hydrogens is 297 g/mol. The second-order valence-electron chi connectivity index (χ2n) is 5.65. The van der Waals surface area contributed by atoms with Gasteiger partial charge in [0.05, 0.1) is 10.5 Å². The van der Waals surface area contributed by atoms with Crippen LogP contribution in [0.15, 0.2) is 23.1 Å². The molecule has 2 rings (SSSR count). The average Bonchev–Trinajstić information content (AvgIpc) is 3.19. The molecule has 116 valence electrons. The quantitative estimate of drug-likeness (QED) is 0.874. The molecule has 1 fully saturated rings. The minimum Gasteiger partial charge on any atom is -0.478 e. The number of carbonyl (C=O) groups is 1. The van der Waals surface area contributed by atoms with Crippen LogP contribution in [0.4, 0.5) is 4.39 Å². The molecule has 0 aliphatic heterocycles. The van der Waals surface area contributed by atoms with Crippen molar-refractivity contribution in [2.45, 2.75) is 37.6 Å². The van der Waals surface area contributed by atoms with E-state index in [2.05, 4.69) is 0 Å². The molecule has 0 bridgehead atoms. The van der Waals surface area contributed by atoms with Crippen molar-refractivity contribution >= 4 is 16.0 Å². The van der Waals surface area contributed by atoms with Gasteiger partial charge >= 0.3 is 5.97 Å². The summed E-state index contributed by atoms with van der Waals surface area (Å²) in [5.74, 6) is -2.05. The third-order valence-corrected chi connectivity index (χ3v) is 5.22. The molecule has 5 nitrogen and oxygen atoms in total. The lowest BCUT2D eigenvalue weighted by Gasteiger charge is -2.24. The number of halogens is 1. The van der Waals surface area contributed by atoms with Gasteiger partial charge in [0.2, 0.25) is 10.0 Å². The van der Waals surface area contributed by atoms with E-state index in [4.69, 9.17) is 5.11 Å². The molecule has 0 amide bonds. The number of carboxylic acid groups (broad SMARTS) is 1. The van der Waals surface area contributed by atoms with Crippen LogP contribution in [0.5, 0.6) is 0 Å². The molecule has 0 saturated heterocycles. The summed E-state index contributed by atoms with van der Waals surface area (Å²) in [6.07, 6.45) is 1.51. The highest BCUT2D eigenvalue weighted by Crippen LogP contribution is 2.34. The number of hydrogen-bond acceptors (Lipinski definition) is 3. The van der Waals surface area contributed by atoms with E-state index >= 15 is 0 Å². The highest BCUT2D eigenvalue weighted by Gasteiger charge is 2.39. The summed E-state index contributed by atoms with van der Waals surface area (Å²) in [4.78, 5) is 10.7. The molecule has 1 aromatic carbocycles. The third kappa shape index (κ3) is 3.41. The zero-order valence-electron chi connectivity index (χ0n) is 11.9. The average molecular weight is 315 g/mol. The lowest BCUT2D eigenvalue weighted by Crippen LogP contribution is -2.37. The molecule has 1 saturated carbocycles. The van der Waals surface area contributed by atoms with E-state index in [-0.39, 0.29) is 12.0 Å². The van der Waals surface area contributed by atoms with Gasteiger partial charge < -0.3 is 5.11 Å². The van der Waals surface area contributed by atoms with Crippen molar-refractivity contribution in [3.63, 3.8) is 0 Å². The van der Waals surface area contributed by atoms with Crippen molar-refractivity contribution < 1.29 is 22.7 Å². The van der Waals surface area contributed by atoms with Crippen LogP contribution in [0.25, 0.3) is 0 Å². The smallest absolute Gasteiger partial charge is 0.337 e. The summed E-state index contributed by atoms with van der Waals surface area (Å²) in [6, 6.07) is 2.62. The Morgan fingerprint density at radius 2 is 2.05 bits per heavy atom. The van der Waals surface area contributed by atoms with Crippen LogP contribution >= 0.6 is 0 Å². The van der Waals surface area contributed by atoms with E-state index in [9.17, 15) is 17.6 Å². The van der Waals surface area contributed by atoms with Crippen molar-refractivity contribution in [2.75, 3.05) is 6.54 Å². The summed E-state index contributed by atoms with van der Waals surface area (Å²) in [5, 5.41) is 9.13. The lowest BCUT2D eigenvalue weighted by atomic mass is 10.2. The van der Waals surface area contributed by atoms with Gasteiger partial charge in [-0.05, 0) is 37.0 Å². The SMILES string of the molecule is CC(C)CN(C1CC1)S(=O)(=O)c1cc(F)ccc1C(=O)O. The van der Waals surface area contributed by atoms with Crippen molar-refractivity contribution in [2.24, 2.45) is 5.92 Å². The van der Waals surface area contributed by atoms with Gasteiger partial charge in [0.1, 0.15) is 5.82 Å². The molecule has 0 unspecified atom stereocenters. The van der Waals surface area contributed by atoms with E-state index < -0.39 is 32.3 Å². The predicted molar refractivity (Wildman–Crippen MR) is 75.1 cm³/mol. The van der Waals surface area contributed by atoms with Crippen LogP contribution in [0, 0.1) is 11.7 Å². The summed E-state index contributed by atoms with van der Waals surface area (Å²) in [5.41, 5.74) is -0.397. The van der Waals surface area contributed by atoms with E-state index in [0.29, 0.717) is 6.54 Å². The van der Waals surface area contributed by atoms with E-state index in [1.54, 1.807) is 0 Å². The number of benzene rings is 1. The molecule has 1 aliphatic rings. The van der Waals surface area contributed by atoms with Crippen LogP contribution in [-0.2, 0) is 10.0 Å². The minimum atomic E-state index is -4.02. The first-order chi connectivity index (χ1) is 9.73. The van der Waals surface area contributed by atoms with E-state index in [0.717, 1.165) is 31.0 Å². The zero-order chi connectivity index (χ0) is 15.8. The molecule has 1 aliphatic carbocycles. The maximum atomic E-state index is 13.4. The van der Waals surface area contributed by atoms with Gasteiger partial charge in [0, 0.05) is 12.6 Å². The lowest BCUT2D eigenvalue weighted by molar-refractivity contribution is 0.0692. The number of aromatic carboxylic acids is 1. The van der Waals surface area contributed by atoms with E-state index in [1.165, 1.54) is 4.31 Å². The van der Waals surface area contributed by atoms with Crippen molar-refractivity contribution in [1.29, 1.82) is 0 Å². The summed E-state index contributed by atoms with van der Waals surface area (Å²) in [6.45, 7) is 4.06. The maximum Gasteiger partial charge on any atom is 0.337 e. The fraction of sp³-hybridized carbons (Fsp3) is 0.500. The molecule has 0 spiro atoms. The maximum absolute atomic E-state index is 13.4. The first-order valence-electron chi connectivity index (χ1n) is 6.78. The first kappa shape index (κ1) is 15.9. The standard InChI is InChI=1S/C14H18FNO4S/c1-9(2)8-16(11-4-5-11)21(19,20)13-7-10(15)3-6-12(13)14(17)18/h3,6-7,9,11H,4-5,8H2,1-2H3,(H,17,18). The minimum absolute atomic E-state index is 0.0993. The Morgan fingerprint density at radius 3 is 2.52 bits per heavy atom. The Hall–Kier alpha value is -1.47. The molecule has 21 heavy (non-hydrogen) atoms. The Bertz CT molecular complexity index is 653.